The van der Waals surface area contributed by atoms with E-state index in [1.54, 1.807) is 0 Å². The molecule has 0 aliphatic carbocycles. The van der Waals surface area contributed by atoms with Gasteiger partial charge in [-0.25, -0.2) is 0 Å². The molecule has 0 aromatic carbocycles. The van der Waals surface area contributed by atoms with Gasteiger partial charge >= 0.3 is 0 Å². The van der Waals surface area contributed by atoms with Crippen molar-refractivity contribution in [2.24, 2.45) is 10.8 Å². The van der Waals surface area contributed by atoms with Gasteiger partial charge in [0.2, 0.25) is 0 Å². The molecule has 0 amide bonds. The maximum Gasteiger partial charge on any atom is 0.0684 e. The van der Waals surface area contributed by atoms with Crippen LogP contribution in [0.4, 0.5) is 0 Å². The summed E-state index contributed by atoms with van der Waals surface area (Å²) < 4.78 is 0. The highest BCUT2D eigenvalue weighted by Crippen LogP contribution is 2.21. The van der Waals surface area contributed by atoms with E-state index >= 15 is 0 Å². The Hall–Kier alpha value is -1.10. The molecule has 4 heteroatoms. The van der Waals surface area contributed by atoms with E-state index in [1.807, 2.05) is 27.7 Å². The monoisotopic (exact) mass is 290 g/mol. The Balaban J connectivity index is 2.34. The van der Waals surface area contributed by atoms with Gasteiger partial charge in [0.25, 0.3) is 0 Å². The first kappa shape index (κ1) is 18.0. The molecule has 1 aliphatic rings. The Labute approximate surface area is 130 Å². The molecular formula is C17H30N4. The molecule has 0 aromatic rings. The number of hydrogen-bond acceptors (Lipinski definition) is 4. The first-order valence-electron chi connectivity index (χ1n) is 8.05. The summed E-state index contributed by atoms with van der Waals surface area (Å²) in [6.07, 6.45) is 3.05. The predicted octanol–water partition coefficient (Wildman–Crippen LogP) is 2.87. The van der Waals surface area contributed by atoms with E-state index in [0.29, 0.717) is 0 Å². The molecule has 0 aromatic heterocycles. The van der Waals surface area contributed by atoms with Gasteiger partial charge in [-0.1, -0.05) is 0 Å². The second-order valence-electron chi connectivity index (χ2n) is 7.53. The van der Waals surface area contributed by atoms with E-state index in [9.17, 15) is 0 Å². The quantitative estimate of drug-likeness (QED) is 0.755. The van der Waals surface area contributed by atoms with Crippen molar-refractivity contribution in [1.29, 1.82) is 10.5 Å². The topological polar surface area (TPSA) is 54.1 Å². The van der Waals surface area contributed by atoms with E-state index in [-0.39, 0.29) is 10.8 Å². The van der Waals surface area contributed by atoms with Gasteiger partial charge in [-0.3, -0.25) is 0 Å². The van der Waals surface area contributed by atoms with Gasteiger partial charge in [0.1, 0.15) is 0 Å². The predicted molar refractivity (Wildman–Crippen MR) is 85.5 cm³/mol. The first-order chi connectivity index (χ1) is 9.78. The number of nitrogens with zero attached hydrogens (tertiary/aromatic N) is 4. The smallest absolute Gasteiger partial charge is 0.0684 e. The molecule has 1 rings (SSSR count). The van der Waals surface area contributed by atoms with Gasteiger partial charge in [-0.05, 0) is 73.1 Å². The standard InChI is InChI=1S/C17H30N4/c1-16(2,14-18)6-10-20-8-5-9-21(13-12-20)11-7-17(3,4)15-19/h5-13H2,1-4H3. The van der Waals surface area contributed by atoms with Crippen molar-refractivity contribution in [3.05, 3.63) is 0 Å². The summed E-state index contributed by atoms with van der Waals surface area (Å²) in [5.41, 5.74) is -0.439. The van der Waals surface area contributed by atoms with Crippen LogP contribution in [0.15, 0.2) is 0 Å². The summed E-state index contributed by atoms with van der Waals surface area (Å²) in [6, 6.07) is 4.76. The van der Waals surface area contributed by atoms with Gasteiger partial charge in [-0.15, -0.1) is 0 Å². The fourth-order valence-electron chi connectivity index (χ4n) is 2.46. The summed E-state index contributed by atoms with van der Waals surface area (Å²) in [5, 5.41) is 18.2. The van der Waals surface area contributed by atoms with Gasteiger partial charge in [0, 0.05) is 13.1 Å². The third-order valence-electron chi connectivity index (χ3n) is 4.39. The third-order valence-corrected chi connectivity index (χ3v) is 4.39. The number of hydrogen-bond donors (Lipinski definition) is 0. The highest BCUT2D eigenvalue weighted by Gasteiger charge is 2.22. The lowest BCUT2D eigenvalue weighted by Crippen LogP contribution is -2.34. The van der Waals surface area contributed by atoms with E-state index in [4.69, 9.17) is 10.5 Å². The maximum absolute atomic E-state index is 9.09. The molecule has 21 heavy (non-hydrogen) atoms. The van der Waals surface area contributed by atoms with Crippen LogP contribution >= 0.6 is 0 Å². The van der Waals surface area contributed by atoms with Crippen molar-refractivity contribution >= 4 is 0 Å². The van der Waals surface area contributed by atoms with Crippen LogP contribution in [-0.4, -0.2) is 49.1 Å². The molecule has 0 radical (unpaired) electrons. The SMILES string of the molecule is CC(C)(C#N)CCN1CCCN(CCC(C)(C)C#N)CC1. The molecule has 0 saturated carbocycles. The van der Waals surface area contributed by atoms with Gasteiger partial charge in [0.05, 0.1) is 23.0 Å². The second-order valence-corrected chi connectivity index (χ2v) is 7.53. The molecule has 4 nitrogen and oxygen atoms in total. The molecule has 0 spiro atoms. The van der Waals surface area contributed by atoms with Crippen molar-refractivity contribution in [3.63, 3.8) is 0 Å². The lowest BCUT2D eigenvalue weighted by atomic mass is 9.91. The van der Waals surface area contributed by atoms with E-state index in [1.165, 1.54) is 6.42 Å². The fourth-order valence-corrected chi connectivity index (χ4v) is 2.46. The molecule has 0 N–H and O–H groups in total. The molecule has 118 valence electrons. The van der Waals surface area contributed by atoms with Crippen LogP contribution in [0, 0.1) is 33.5 Å². The minimum atomic E-state index is -0.219. The molecule has 1 saturated heterocycles. The van der Waals surface area contributed by atoms with Crippen LogP contribution in [0.2, 0.25) is 0 Å². The molecular weight excluding hydrogens is 260 g/mol. The minimum absolute atomic E-state index is 0.219. The van der Waals surface area contributed by atoms with Crippen LogP contribution in [-0.2, 0) is 0 Å². The van der Waals surface area contributed by atoms with Gasteiger partial charge in [0.15, 0.2) is 0 Å². The molecule has 1 fully saturated rings. The van der Waals surface area contributed by atoms with Crippen LogP contribution in [0.5, 0.6) is 0 Å². The Bertz CT molecular complexity index is 362. The summed E-state index contributed by atoms with van der Waals surface area (Å²) in [4.78, 5) is 4.96. The summed E-state index contributed by atoms with van der Waals surface area (Å²) in [5.74, 6) is 0. The summed E-state index contributed by atoms with van der Waals surface area (Å²) >= 11 is 0. The van der Waals surface area contributed by atoms with Crippen molar-refractivity contribution in [2.75, 3.05) is 39.3 Å². The van der Waals surface area contributed by atoms with Crippen LogP contribution < -0.4 is 0 Å². The lowest BCUT2D eigenvalue weighted by molar-refractivity contribution is 0.225. The zero-order valence-corrected chi connectivity index (χ0v) is 14.2. The summed E-state index contributed by atoms with van der Waals surface area (Å²) in [7, 11) is 0. The van der Waals surface area contributed by atoms with Gasteiger partial charge < -0.3 is 9.80 Å². The zero-order chi connectivity index (χ0) is 15.9. The Kier molecular flexibility index (Phi) is 6.65. The molecule has 1 heterocycles. The molecule has 0 unspecified atom stereocenters. The first-order valence-corrected chi connectivity index (χ1v) is 8.05. The molecule has 0 bridgehead atoms. The minimum Gasteiger partial charge on any atom is -0.302 e. The van der Waals surface area contributed by atoms with E-state index in [2.05, 4.69) is 21.9 Å². The van der Waals surface area contributed by atoms with Crippen LogP contribution in [0.25, 0.3) is 0 Å². The van der Waals surface area contributed by atoms with Crippen molar-refractivity contribution in [2.45, 2.75) is 47.0 Å². The van der Waals surface area contributed by atoms with Crippen molar-refractivity contribution in [1.82, 2.24) is 9.80 Å². The fraction of sp³-hybridized carbons (Fsp3) is 0.882. The number of nitriles is 2. The van der Waals surface area contributed by atoms with Crippen LogP contribution in [0.1, 0.15) is 47.0 Å². The van der Waals surface area contributed by atoms with E-state index < -0.39 is 0 Å². The van der Waals surface area contributed by atoms with Crippen molar-refractivity contribution in [3.8, 4) is 12.1 Å². The number of rotatable bonds is 6. The normalized spacial score (nSPS) is 18.8. The van der Waals surface area contributed by atoms with Crippen LogP contribution in [0.3, 0.4) is 0 Å². The summed E-state index contributed by atoms with van der Waals surface area (Å²) in [6.45, 7) is 14.5. The highest BCUT2D eigenvalue weighted by molar-refractivity contribution is 4.93. The second kappa shape index (κ2) is 7.78. The maximum atomic E-state index is 9.09. The zero-order valence-electron chi connectivity index (χ0n) is 14.2. The Morgan fingerprint density at radius 2 is 1.14 bits per heavy atom. The third kappa shape index (κ3) is 6.93. The Morgan fingerprint density at radius 1 is 0.762 bits per heavy atom. The van der Waals surface area contributed by atoms with E-state index in [0.717, 1.165) is 52.1 Å². The largest absolute Gasteiger partial charge is 0.302 e. The highest BCUT2D eigenvalue weighted by atomic mass is 15.2. The lowest BCUT2D eigenvalue weighted by Gasteiger charge is -2.25. The van der Waals surface area contributed by atoms with Gasteiger partial charge in [-0.2, -0.15) is 10.5 Å². The average molecular weight is 290 g/mol. The molecule has 1 aliphatic heterocycles. The molecule has 0 atom stereocenters. The van der Waals surface area contributed by atoms with Crippen molar-refractivity contribution < 1.29 is 0 Å². The average Bonchev–Trinajstić information content (AvgIpc) is 2.68. The Morgan fingerprint density at radius 3 is 1.48 bits per heavy atom.